The molecule has 0 spiro atoms. The number of nitrogens with zero attached hydrogens (tertiary/aromatic N) is 2. The molecule has 5 aromatic carbocycles. The molecule has 0 aliphatic heterocycles. The summed E-state index contributed by atoms with van der Waals surface area (Å²) in [5, 5.41) is 3.68. The Morgan fingerprint density at radius 2 is 1.15 bits per heavy atom. The summed E-state index contributed by atoms with van der Waals surface area (Å²) < 4.78 is 2.65. The molecule has 3 heteroatoms. The molecule has 1 aliphatic carbocycles. The third kappa shape index (κ3) is 3.36. The topological polar surface area (TPSA) is 25.8 Å². The van der Waals surface area contributed by atoms with E-state index in [1.807, 2.05) is 23.6 Å². The van der Waals surface area contributed by atoms with Crippen LogP contribution in [0.1, 0.15) is 0 Å². The Morgan fingerprint density at radius 3 is 2.02 bits per heavy atom. The maximum absolute atomic E-state index is 5.17. The van der Waals surface area contributed by atoms with Crippen molar-refractivity contribution in [2.75, 3.05) is 0 Å². The van der Waals surface area contributed by atoms with Crippen molar-refractivity contribution in [1.29, 1.82) is 0 Å². The predicted octanol–water partition coefficient (Wildman–Crippen LogP) is 10.6. The van der Waals surface area contributed by atoms with Crippen LogP contribution in [-0.2, 0) is 0 Å². The molecule has 0 saturated carbocycles. The fourth-order valence-corrected chi connectivity index (χ4v) is 7.68. The van der Waals surface area contributed by atoms with E-state index < -0.39 is 0 Å². The first kappa shape index (κ1) is 22.7. The number of thiophene rings is 1. The molecule has 2 nitrogen and oxygen atoms in total. The fourth-order valence-electron chi connectivity index (χ4n) is 6.44. The van der Waals surface area contributed by atoms with E-state index in [2.05, 4.69) is 126 Å². The van der Waals surface area contributed by atoms with E-state index >= 15 is 0 Å². The predicted molar refractivity (Wildman–Crippen MR) is 173 cm³/mol. The second-order valence-electron chi connectivity index (χ2n) is 10.6. The van der Waals surface area contributed by atoms with Gasteiger partial charge >= 0.3 is 0 Å². The number of rotatable bonds is 1. The van der Waals surface area contributed by atoms with Gasteiger partial charge in [-0.25, -0.2) is 9.97 Å². The molecule has 0 bridgehead atoms. The van der Waals surface area contributed by atoms with Crippen LogP contribution >= 0.6 is 11.3 Å². The average Bonchev–Trinajstić information content (AvgIpc) is 3.42. The van der Waals surface area contributed by atoms with Gasteiger partial charge in [-0.15, -0.1) is 11.3 Å². The zero-order valence-corrected chi connectivity index (χ0v) is 22.8. The Labute approximate surface area is 241 Å². The summed E-state index contributed by atoms with van der Waals surface area (Å²) in [6, 6.07) is 46.1. The van der Waals surface area contributed by atoms with Crippen LogP contribution in [0.5, 0.6) is 0 Å². The molecule has 41 heavy (non-hydrogen) atoms. The second kappa shape index (κ2) is 8.69. The monoisotopic (exact) mass is 538 g/mol. The van der Waals surface area contributed by atoms with Crippen molar-refractivity contribution >= 4 is 42.5 Å². The normalized spacial score (nSPS) is 11.9. The average molecular weight is 539 g/mol. The molecule has 3 heterocycles. The van der Waals surface area contributed by atoms with E-state index in [1.165, 1.54) is 59.1 Å². The Morgan fingerprint density at radius 1 is 0.463 bits per heavy atom. The molecule has 190 valence electrons. The van der Waals surface area contributed by atoms with Gasteiger partial charge in [0, 0.05) is 42.9 Å². The lowest BCUT2D eigenvalue weighted by Crippen LogP contribution is -2.00. The number of hydrogen-bond acceptors (Lipinski definition) is 3. The lowest BCUT2D eigenvalue weighted by molar-refractivity contribution is 1.29. The lowest BCUT2D eigenvalue weighted by atomic mass is 9.81. The molecule has 1 aliphatic rings. The summed E-state index contributed by atoms with van der Waals surface area (Å²) in [5.74, 6) is 0. The minimum Gasteiger partial charge on any atom is -0.237 e. The van der Waals surface area contributed by atoms with E-state index in [9.17, 15) is 0 Å². The minimum atomic E-state index is 0.768. The molecule has 0 radical (unpaired) electrons. The molecular weight excluding hydrogens is 516 g/mol. The molecule has 0 N–H and O–H groups in total. The number of benzene rings is 5. The van der Waals surface area contributed by atoms with Crippen LogP contribution in [0, 0.1) is 0 Å². The number of hydrogen-bond donors (Lipinski definition) is 0. The third-order valence-electron chi connectivity index (χ3n) is 8.30. The van der Waals surface area contributed by atoms with Gasteiger partial charge in [0.2, 0.25) is 0 Å². The van der Waals surface area contributed by atoms with Crippen molar-refractivity contribution in [3.05, 3.63) is 134 Å². The molecular formula is C38H22N2S. The van der Waals surface area contributed by atoms with Gasteiger partial charge in [0.1, 0.15) is 0 Å². The van der Waals surface area contributed by atoms with Gasteiger partial charge in [0.15, 0.2) is 5.65 Å². The maximum Gasteiger partial charge on any atom is 0.159 e. The molecule has 3 aromatic heterocycles. The van der Waals surface area contributed by atoms with Crippen LogP contribution in [0.25, 0.3) is 87.0 Å². The molecule has 0 unspecified atom stereocenters. The van der Waals surface area contributed by atoms with Gasteiger partial charge < -0.3 is 0 Å². The van der Waals surface area contributed by atoms with Crippen molar-refractivity contribution < 1.29 is 0 Å². The SMILES string of the molecule is c1ccc2c(c1)-c1cc(-c3cccc4c3sc3ccccc34)ccc1-c1cc3cccnc3nc1-c1ccccc1-2. The van der Waals surface area contributed by atoms with E-state index in [0.29, 0.717) is 0 Å². The third-order valence-corrected chi connectivity index (χ3v) is 9.52. The van der Waals surface area contributed by atoms with Crippen molar-refractivity contribution in [2.45, 2.75) is 0 Å². The molecule has 8 aromatic rings. The summed E-state index contributed by atoms with van der Waals surface area (Å²) in [4.78, 5) is 9.77. The quantitative estimate of drug-likeness (QED) is 0.208. The molecule has 0 saturated heterocycles. The first-order valence-corrected chi connectivity index (χ1v) is 14.7. The van der Waals surface area contributed by atoms with Gasteiger partial charge in [-0.3, -0.25) is 0 Å². The Hall–Kier alpha value is -5.12. The highest BCUT2D eigenvalue weighted by atomic mass is 32.1. The van der Waals surface area contributed by atoms with E-state index in [1.54, 1.807) is 0 Å². The van der Waals surface area contributed by atoms with E-state index in [4.69, 9.17) is 4.98 Å². The van der Waals surface area contributed by atoms with Crippen molar-refractivity contribution in [2.24, 2.45) is 0 Å². The largest absolute Gasteiger partial charge is 0.237 e. The minimum absolute atomic E-state index is 0.768. The fraction of sp³-hybridized carbons (Fsp3) is 0. The van der Waals surface area contributed by atoms with Gasteiger partial charge in [-0.05, 0) is 69.3 Å². The van der Waals surface area contributed by atoms with Crippen LogP contribution in [0.15, 0.2) is 134 Å². The molecule has 0 amide bonds. The first-order valence-electron chi connectivity index (χ1n) is 13.8. The number of aromatic nitrogens is 2. The zero-order chi connectivity index (χ0) is 26.9. The Bertz CT molecular complexity index is 2330. The molecule has 9 rings (SSSR count). The molecule has 0 atom stereocenters. The highest BCUT2D eigenvalue weighted by Gasteiger charge is 2.24. The summed E-state index contributed by atoms with van der Waals surface area (Å²) in [6.45, 7) is 0. The van der Waals surface area contributed by atoms with Gasteiger partial charge in [0.25, 0.3) is 0 Å². The van der Waals surface area contributed by atoms with E-state index in [0.717, 1.165) is 27.9 Å². The molecule has 0 fully saturated rings. The summed E-state index contributed by atoms with van der Waals surface area (Å²) in [5.41, 5.74) is 12.5. The number of pyridine rings is 2. The smallest absolute Gasteiger partial charge is 0.159 e. The van der Waals surface area contributed by atoms with Crippen LogP contribution in [-0.4, -0.2) is 9.97 Å². The van der Waals surface area contributed by atoms with Crippen LogP contribution in [0.2, 0.25) is 0 Å². The van der Waals surface area contributed by atoms with Crippen LogP contribution in [0.3, 0.4) is 0 Å². The zero-order valence-electron chi connectivity index (χ0n) is 22.0. The van der Waals surface area contributed by atoms with E-state index in [-0.39, 0.29) is 0 Å². The van der Waals surface area contributed by atoms with Crippen LogP contribution < -0.4 is 0 Å². The summed E-state index contributed by atoms with van der Waals surface area (Å²) >= 11 is 1.88. The Balaban J connectivity index is 1.38. The van der Waals surface area contributed by atoms with Crippen LogP contribution in [0.4, 0.5) is 0 Å². The highest BCUT2D eigenvalue weighted by molar-refractivity contribution is 7.26. The highest BCUT2D eigenvalue weighted by Crippen LogP contribution is 2.49. The summed E-state index contributed by atoms with van der Waals surface area (Å²) in [6.07, 6.45) is 1.82. The first-order chi connectivity index (χ1) is 20.3. The van der Waals surface area contributed by atoms with Crippen molar-refractivity contribution in [1.82, 2.24) is 9.97 Å². The number of fused-ring (bicyclic) bond motifs is 12. The van der Waals surface area contributed by atoms with Gasteiger partial charge in [0.05, 0.1) is 5.69 Å². The maximum atomic E-state index is 5.17. The van der Waals surface area contributed by atoms with Gasteiger partial charge in [-0.2, -0.15) is 0 Å². The van der Waals surface area contributed by atoms with Crippen molar-refractivity contribution in [3.63, 3.8) is 0 Å². The Kier molecular flexibility index (Phi) is 4.80. The lowest BCUT2D eigenvalue weighted by Gasteiger charge is -2.23. The standard InChI is InChI=1S/C38H22N2S/c1-2-12-28-26(10-1)27-11-3-4-14-31(27)36-34(22-24-9-8-20-39-38(24)40-36)29-19-18-23(21-33(28)29)25-15-7-16-32-30-13-5-6-17-35(30)41-37(25)32/h1-22H. The van der Waals surface area contributed by atoms with Gasteiger partial charge in [-0.1, -0.05) is 97.1 Å². The second-order valence-corrected chi connectivity index (χ2v) is 11.6. The van der Waals surface area contributed by atoms with Crippen molar-refractivity contribution in [3.8, 4) is 55.8 Å². The summed E-state index contributed by atoms with van der Waals surface area (Å²) in [7, 11) is 0.